The van der Waals surface area contributed by atoms with Crippen LogP contribution >= 0.6 is 11.3 Å². The number of aryl methyl sites for hydroxylation is 1. The number of hydrogen-bond donors (Lipinski definition) is 1. The highest BCUT2D eigenvalue weighted by Gasteiger charge is 2.17. The predicted octanol–water partition coefficient (Wildman–Crippen LogP) is 5.08. The lowest BCUT2D eigenvalue weighted by Gasteiger charge is -2.12. The fourth-order valence-electron chi connectivity index (χ4n) is 2.88. The summed E-state index contributed by atoms with van der Waals surface area (Å²) in [6.45, 7) is 1.88. The van der Waals surface area contributed by atoms with Gasteiger partial charge in [0, 0.05) is 11.6 Å². The minimum absolute atomic E-state index is 0.154. The van der Waals surface area contributed by atoms with Gasteiger partial charge in [-0.3, -0.25) is 4.72 Å². The molecule has 0 amide bonds. The van der Waals surface area contributed by atoms with Crippen LogP contribution in [0, 0.1) is 6.92 Å². The Morgan fingerprint density at radius 2 is 1.82 bits per heavy atom. The monoisotopic (exact) mass is 410 g/mol. The number of ether oxygens (including phenoxy) is 1. The first-order chi connectivity index (χ1) is 13.5. The standard InChI is InChI=1S/C21H18N2O3S2/c1-14-12-15(21-22-19-8-3-4-9-20(19)27-21)10-11-18(14)23-28(24,25)17-7-5-6-16(13-17)26-2/h3-13,23H,1-2H3. The number of rotatable bonds is 5. The summed E-state index contributed by atoms with van der Waals surface area (Å²) in [4.78, 5) is 4.82. The average Bonchev–Trinajstić information content (AvgIpc) is 3.14. The second kappa shape index (κ2) is 7.26. The van der Waals surface area contributed by atoms with Gasteiger partial charge < -0.3 is 4.74 Å². The normalized spacial score (nSPS) is 11.5. The molecule has 4 aromatic rings. The number of thiazole rings is 1. The molecule has 1 N–H and O–H groups in total. The van der Waals surface area contributed by atoms with Crippen molar-refractivity contribution >= 4 is 37.3 Å². The van der Waals surface area contributed by atoms with Crippen molar-refractivity contribution in [1.82, 2.24) is 4.98 Å². The lowest BCUT2D eigenvalue weighted by molar-refractivity contribution is 0.413. The van der Waals surface area contributed by atoms with E-state index in [-0.39, 0.29) is 4.90 Å². The van der Waals surface area contributed by atoms with E-state index in [2.05, 4.69) is 9.71 Å². The highest BCUT2D eigenvalue weighted by molar-refractivity contribution is 7.92. The zero-order valence-electron chi connectivity index (χ0n) is 15.3. The molecule has 4 rings (SSSR count). The highest BCUT2D eigenvalue weighted by Crippen LogP contribution is 2.32. The first kappa shape index (κ1) is 18.5. The van der Waals surface area contributed by atoms with Crippen LogP contribution in [0.15, 0.2) is 71.6 Å². The number of sulfonamides is 1. The van der Waals surface area contributed by atoms with Crippen LogP contribution in [0.2, 0.25) is 0 Å². The van der Waals surface area contributed by atoms with Crippen molar-refractivity contribution in [3.63, 3.8) is 0 Å². The van der Waals surface area contributed by atoms with Gasteiger partial charge in [-0.15, -0.1) is 11.3 Å². The number of benzene rings is 3. The van der Waals surface area contributed by atoms with Gasteiger partial charge in [0.05, 0.1) is 27.9 Å². The second-order valence-electron chi connectivity index (χ2n) is 6.30. The van der Waals surface area contributed by atoms with E-state index in [1.807, 2.05) is 43.3 Å². The summed E-state index contributed by atoms with van der Waals surface area (Å²) < 4.78 is 34.3. The molecule has 28 heavy (non-hydrogen) atoms. The van der Waals surface area contributed by atoms with Crippen LogP contribution in [0.1, 0.15) is 5.56 Å². The summed E-state index contributed by atoms with van der Waals surface area (Å²) in [5.74, 6) is 0.491. The first-order valence-corrected chi connectivity index (χ1v) is 10.9. The molecule has 0 unspecified atom stereocenters. The Balaban J connectivity index is 1.64. The highest BCUT2D eigenvalue weighted by atomic mass is 32.2. The van der Waals surface area contributed by atoms with Crippen molar-refractivity contribution in [2.24, 2.45) is 0 Å². The Hall–Kier alpha value is -2.90. The molecule has 0 bridgehead atoms. The SMILES string of the molecule is COc1cccc(S(=O)(=O)Nc2ccc(-c3nc4ccccc4s3)cc2C)c1. The van der Waals surface area contributed by atoms with Gasteiger partial charge in [-0.25, -0.2) is 13.4 Å². The van der Waals surface area contributed by atoms with Crippen molar-refractivity contribution in [2.45, 2.75) is 11.8 Å². The summed E-state index contributed by atoms with van der Waals surface area (Å²) in [6, 6.07) is 20.0. The van der Waals surface area contributed by atoms with E-state index in [4.69, 9.17) is 4.74 Å². The Kier molecular flexibility index (Phi) is 4.78. The molecule has 0 spiro atoms. The molecule has 0 aliphatic rings. The molecule has 1 aromatic heterocycles. The third-order valence-corrected chi connectivity index (χ3v) is 6.81. The van der Waals surface area contributed by atoms with Crippen LogP contribution in [0.25, 0.3) is 20.8 Å². The third kappa shape index (κ3) is 3.58. The number of nitrogens with one attached hydrogen (secondary N) is 1. The summed E-state index contributed by atoms with van der Waals surface area (Å²) in [5.41, 5.74) is 3.28. The topological polar surface area (TPSA) is 68.3 Å². The number of aromatic nitrogens is 1. The smallest absolute Gasteiger partial charge is 0.262 e. The Labute approximate surface area is 167 Å². The van der Waals surface area contributed by atoms with Gasteiger partial charge in [0.25, 0.3) is 10.0 Å². The van der Waals surface area contributed by atoms with Gasteiger partial charge in [0.1, 0.15) is 10.8 Å². The molecule has 0 saturated carbocycles. The van der Waals surface area contributed by atoms with Crippen LogP contribution < -0.4 is 9.46 Å². The van der Waals surface area contributed by atoms with Crippen molar-refractivity contribution < 1.29 is 13.2 Å². The summed E-state index contributed by atoms with van der Waals surface area (Å²) in [7, 11) is -2.21. The van der Waals surface area contributed by atoms with Crippen molar-refractivity contribution in [1.29, 1.82) is 0 Å². The minimum Gasteiger partial charge on any atom is -0.497 e. The van der Waals surface area contributed by atoms with Crippen LogP contribution in [0.4, 0.5) is 5.69 Å². The van der Waals surface area contributed by atoms with Crippen molar-refractivity contribution in [3.8, 4) is 16.3 Å². The molecule has 0 aliphatic heterocycles. The lowest BCUT2D eigenvalue weighted by Crippen LogP contribution is -2.13. The van der Waals surface area contributed by atoms with Gasteiger partial charge in [0.2, 0.25) is 0 Å². The van der Waals surface area contributed by atoms with Crippen LogP contribution in [0.5, 0.6) is 5.75 Å². The van der Waals surface area contributed by atoms with Crippen LogP contribution in [0.3, 0.4) is 0 Å². The molecule has 0 aliphatic carbocycles. The summed E-state index contributed by atoms with van der Waals surface area (Å²) >= 11 is 1.62. The maximum atomic E-state index is 12.7. The Bertz CT molecular complexity index is 1230. The fourth-order valence-corrected chi connectivity index (χ4v) is 5.01. The maximum absolute atomic E-state index is 12.7. The fraction of sp³-hybridized carbons (Fsp3) is 0.0952. The molecule has 142 valence electrons. The largest absolute Gasteiger partial charge is 0.497 e. The average molecular weight is 411 g/mol. The third-order valence-electron chi connectivity index (χ3n) is 4.36. The van der Waals surface area contributed by atoms with Crippen LogP contribution in [-0.4, -0.2) is 20.5 Å². The number of methoxy groups -OCH3 is 1. The summed E-state index contributed by atoms with van der Waals surface area (Å²) in [6.07, 6.45) is 0. The number of para-hydroxylation sites is 1. The van der Waals surface area contributed by atoms with Gasteiger partial charge in [-0.2, -0.15) is 0 Å². The van der Waals surface area contributed by atoms with Crippen LogP contribution in [-0.2, 0) is 10.0 Å². The van der Waals surface area contributed by atoms with E-state index >= 15 is 0 Å². The van der Waals surface area contributed by atoms with E-state index in [1.165, 1.54) is 19.2 Å². The summed E-state index contributed by atoms with van der Waals surface area (Å²) in [5, 5.41) is 0.909. The van der Waals surface area contributed by atoms with Crippen molar-refractivity contribution in [2.75, 3.05) is 11.8 Å². The number of hydrogen-bond acceptors (Lipinski definition) is 5. The second-order valence-corrected chi connectivity index (χ2v) is 9.01. The molecule has 3 aromatic carbocycles. The quantitative estimate of drug-likeness (QED) is 0.498. The molecule has 0 saturated heterocycles. The number of fused-ring (bicyclic) bond motifs is 1. The van der Waals surface area contributed by atoms with Crippen molar-refractivity contribution in [3.05, 3.63) is 72.3 Å². The first-order valence-electron chi connectivity index (χ1n) is 8.60. The zero-order valence-corrected chi connectivity index (χ0v) is 17.0. The molecular formula is C21H18N2O3S2. The number of anilines is 1. The Morgan fingerprint density at radius 1 is 1.00 bits per heavy atom. The van der Waals surface area contributed by atoms with Gasteiger partial charge in [-0.05, 0) is 55.0 Å². The van der Waals surface area contributed by atoms with Gasteiger partial charge in [0.15, 0.2) is 0 Å². The molecule has 1 heterocycles. The van der Waals surface area contributed by atoms with E-state index < -0.39 is 10.0 Å². The molecule has 5 nitrogen and oxygen atoms in total. The molecule has 0 atom stereocenters. The van der Waals surface area contributed by atoms with E-state index in [0.717, 1.165) is 26.4 Å². The molecule has 7 heteroatoms. The molecule has 0 fully saturated rings. The molecule has 0 radical (unpaired) electrons. The van der Waals surface area contributed by atoms with E-state index in [9.17, 15) is 8.42 Å². The van der Waals surface area contributed by atoms with Gasteiger partial charge >= 0.3 is 0 Å². The van der Waals surface area contributed by atoms with E-state index in [0.29, 0.717) is 11.4 Å². The molecular weight excluding hydrogens is 392 g/mol. The number of nitrogens with zero attached hydrogens (tertiary/aromatic N) is 1. The Morgan fingerprint density at radius 3 is 2.57 bits per heavy atom. The van der Waals surface area contributed by atoms with Gasteiger partial charge in [-0.1, -0.05) is 18.2 Å². The predicted molar refractivity (Wildman–Crippen MR) is 114 cm³/mol. The zero-order chi connectivity index (χ0) is 19.7. The lowest BCUT2D eigenvalue weighted by atomic mass is 10.1. The minimum atomic E-state index is -3.71. The van der Waals surface area contributed by atoms with E-state index in [1.54, 1.807) is 29.5 Å². The maximum Gasteiger partial charge on any atom is 0.262 e.